The number of imidazole rings is 1. The molecule has 118 valence electrons. The van der Waals surface area contributed by atoms with E-state index in [2.05, 4.69) is 4.98 Å². The van der Waals surface area contributed by atoms with Crippen molar-refractivity contribution in [3.05, 3.63) is 41.4 Å². The Bertz CT molecular complexity index is 653. The van der Waals surface area contributed by atoms with Gasteiger partial charge >= 0.3 is 0 Å². The fourth-order valence-electron chi connectivity index (χ4n) is 2.88. The van der Waals surface area contributed by atoms with Gasteiger partial charge in [0.25, 0.3) is 0 Å². The number of hydrogen-bond donors (Lipinski definition) is 1. The minimum Gasteiger partial charge on any atom is -0.396 e. The number of aliphatic hydroxyl groups is 1. The highest BCUT2D eigenvalue weighted by Crippen LogP contribution is 2.34. The second-order valence-electron chi connectivity index (χ2n) is 5.77. The molecule has 0 amide bonds. The lowest BCUT2D eigenvalue weighted by Crippen LogP contribution is -2.37. The fourth-order valence-corrected chi connectivity index (χ4v) is 3.14. The minimum absolute atomic E-state index is 0.102. The van der Waals surface area contributed by atoms with Crippen LogP contribution in [0, 0.1) is 11.2 Å². The topological polar surface area (TPSA) is 47.3 Å². The van der Waals surface area contributed by atoms with Crippen molar-refractivity contribution in [3.63, 3.8) is 0 Å². The first-order chi connectivity index (χ1) is 10.6. The summed E-state index contributed by atoms with van der Waals surface area (Å²) in [4.78, 5) is 4.35. The first kappa shape index (κ1) is 15.5. The van der Waals surface area contributed by atoms with Crippen molar-refractivity contribution in [2.45, 2.75) is 19.4 Å². The standard InChI is InChI=1S/C16H18ClFN2O2/c17-14-9-12(18)1-2-13(14)15-19-5-6-20(15)10-16(11-21)3-7-22-8-4-16/h1-2,5-6,9,21H,3-4,7-8,10-11H2. The van der Waals surface area contributed by atoms with Gasteiger partial charge in [0, 0.05) is 43.1 Å². The molecule has 2 aromatic rings. The molecule has 1 aliphatic heterocycles. The van der Waals surface area contributed by atoms with E-state index >= 15 is 0 Å². The Morgan fingerprint density at radius 3 is 2.82 bits per heavy atom. The number of aromatic nitrogens is 2. The summed E-state index contributed by atoms with van der Waals surface area (Å²) in [6.45, 7) is 2.05. The molecule has 0 bridgehead atoms. The molecule has 0 atom stereocenters. The van der Waals surface area contributed by atoms with E-state index in [-0.39, 0.29) is 17.8 Å². The van der Waals surface area contributed by atoms with E-state index in [0.29, 0.717) is 36.2 Å². The van der Waals surface area contributed by atoms with E-state index in [0.717, 1.165) is 12.8 Å². The van der Waals surface area contributed by atoms with Gasteiger partial charge in [-0.3, -0.25) is 0 Å². The highest BCUT2D eigenvalue weighted by atomic mass is 35.5. The number of ether oxygens (including phenoxy) is 1. The van der Waals surface area contributed by atoms with Crippen molar-refractivity contribution in [2.24, 2.45) is 5.41 Å². The number of nitrogens with zero attached hydrogens (tertiary/aromatic N) is 2. The molecule has 2 heterocycles. The lowest BCUT2D eigenvalue weighted by Gasteiger charge is -2.36. The van der Waals surface area contributed by atoms with E-state index in [1.807, 2.05) is 10.8 Å². The van der Waals surface area contributed by atoms with Gasteiger partial charge in [-0.25, -0.2) is 9.37 Å². The lowest BCUT2D eigenvalue weighted by atomic mass is 9.81. The molecular weight excluding hydrogens is 307 g/mol. The van der Waals surface area contributed by atoms with Crippen molar-refractivity contribution in [2.75, 3.05) is 19.8 Å². The van der Waals surface area contributed by atoms with E-state index in [1.54, 1.807) is 12.3 Å². The fraction of sp³-hybridized carbons (Fsp3) is 0.438. The van der Waals surface area contributed by atoms with Crippen molar-refractivity contribution in [1.82, 2.24) is 9.55 Å². The summed E-state index contributed by atoms with van der Waals surface area (Å²) in [7, 11) is 0. The Kier molecular flexibility index (Phi) is 4.47. The van der Waals surface area contributed by atoms with Crippen LogP contribution in [0.2, 0.25) is 5.02 Å². The Balaban J connectivity index is 1.91. The molecule has 1 aliphatic rings. The predicted octanol–water partition coefficient (Wildman–Crippen LogP) is 3.13. The molecule has 1 saturated heterocycles. The van der Waals surface area contributed by atoms with Gasteiger partial charge < -0.3 is 14.4 Å². The number of halogens is 2. The maximum atomic E-state index is 13.2. The number of rotatable bonds is 4. The van der Waals surface area contributed by atoms with Crippen LogP contribution in [-0.2, 0) is 11.3 Å². The maximum Gasteiger partial charge on any atom is 0.141 e. The quantitative estimate of drug-likeness (QED) is 0.940. The first-order valence-corrected chi connectivity index (χ1v) is 7.66. The number of aliphatic hydroxyl groups excluding tert-OH is 1. The average Bonchev–Trinajstić information content (AvgIpc) is 2.96. The van der Waals surface area contributed by atoms with Gasteiger partial charge in [-0.15, -0.1) is 0 Å². The smallest absolute Gasteiger partial charge is 0.141 e. The van der Waals surface area contributed by atoms with Crippen LogP contribution in [0.15, 0.2) is 30.6 Å². The van der Waals surface area contributed by atoms with Gasteiger partial charge in [0.1, 0.15) is 11.6 Å². The summed E-state index contributed by atoms with van der Waals surface area (Å²) in [5.41, 5.74) is 0.480. The first-order valence-electron chi connectivity index (χ1n) is 7.29. The van der Waals surface area contributed by atoms with Crippen molar-refractivity contribution in [1.29, 1.82) is 0 Å². The minimum atomic E-state index is -0.372. The summed E-state index contributed by atoms with van der Waals surface area (Å²) in [5.74, 6) is 0.312. The second-order valence-corrected chi connectivity index (χ2v) is 6.18. The highest BCUT2D eigenvalue weighted by Gasteiger charge is 2.33. The third kappa shape index (κ3) is 3.02. The lowest BCUT2D eigenvalue weighted by molar-refractivity contribution is -0.0250. The normalized spacial score (nSPS) is 17.6. The van der Waals surface area contributed by atoms with Crippen LogP contribution in [0.3, 0.4) is 0 Å². The second kappa shape index (κ2) is 6.36. The average molecular weight is 325 g/mol. The molecule has 1 N–H and O–H groups in total. The van der Waals surface area contributed by atoms with Crippen LogP contribution in [0.4, 0.5) is 4.39 Å². The van der Waals surface area contributed by atoms with Crippen LogP contribution in [0.1, 0.15) is 12.8 Å². The molecule has 1 aromatic carbocycles. The van der Waals surface area contributed by atoms with Crippen LogP contribution < -0.4 is 0 Å². The van der Waals surface area contributed by atoms with Gasteiger partial charge in [-0.1, -0.05) is 11.6 Å². The monoisotopic (exact) mass is 324 g/mol. The largest absolute Gasteiger partial charge is 0.396 e. The molecule has 0 radical (unpaired) electrons. The maximum absolute atomic E-state index is 13.2. The van der Waals surface area contributed by atoms with Crippen LogP contribution in [0.25, 0.3) is 11.4 Å². The van der Waals surface area contributed by atoms with Gasteiger partial charge in [0.15, 0.2) is 0 Å². The van der Waals surface area contributed by atoms with Crippen LogP contribution in [0.5, 0.6) is 0 Å². The van der Waals surface area contributed by atoms with Crippen molar-refractivity contribution < 1.29 is 14.2 Å². The number of benzene rings is 1. The molecule has 1 aromatic heterocycles. The zero-order valence-electron chi connectivity index (χ0n) is 12.1. The van der Waals surface area contributed by atoms with E-state index < -0.39 is 0 Å². The molecule has 0 saturated carbocycles. The zero-order chi connectivity index (χ0) is 15.6. The molecule has 0 aliphatic carbocycles. The molecular formula is C16H18ClFN2O2. The molecule has 6 heteroatoms. The van der Waals surface area contributed by atoms with E-state index in [9.17, 15) is 9.50 Å². The highest BCUT2D eigenvalue weighted by molar-refractivity contribution is 6.33. The zero-order valence-corrected chi connectivity index (χ0v) is 12.9. The number of hydrogen-bond acceptors (Lipinski definition) is 3. The molecule has 0 spiro atoms. The molecule has 4 nitrogen and oxygen atoms in total. The Morgan fingerprint density at radius 1 is 1.36 bits per heavy atom. The van der Waals surface area contributed by atoms with Crippen LogP contribution in [-0.4, -0.2) is 34.5 Å². The predicted molar refractivity (Wildman–Crippen MR) is 82.2 cm³/mol. The van der Waals surface area contributed by atoms with Gasteiger partial charge in [-0.2, -0.15) is 0 Å². The Hall–Kier alpha value is -1.43. The van der Waals surface area contributed by atoms with Crippen LogP contribution >= 0.6 is 11.6 Å². The van der Waals surface area contributed by atoms with Gasteiger partial charge in [-0.05, 0) is 31.0 Å². The van der Waals surface area contributed by atoms with E-state index in [1.165, 1.54) is 12.1 Å². The Morgan fingerprint density at radius 2 is 2.14 bits per heavy atom. The molecule has 22 heavy (non-hydrogen) atoms. The summed E-state index contributed by atoms with van der Waals surface area (Å²) in [6.07, 6.45) is 5.16. The van der Waals surface area contributed by atoms with Gasteiger partial charge in [0.2, 0.25) is 0 Å². The molecule has 3 rings (SSSR count). The molecule has 0 unspecified atom stereocenters. The Labute approximate surface area is 133 Å². The van der Waals surface area contributed by atoms with Gasteiger partial charge in [0.05, 0.1) is 11.6 Å². The summed E-state index contributed by atoms with van der Waals surface area (Å²) < 4.78 is 20.6. The third-order valence-corrected chi connectivity index (χ3v) is 4.59. The van der Waals surface area contributed by atoms with E-state index in [4.69, 9.17) is 16.3 Å². The summed E-state index contributed by atoms with van der Waals surface area (Å²) in [6, 6.07) is 4.29. The SMILES string of the molecule is OCC1(Cn2ccnc2-c2ccc(F)cc2Cl)CCOCC1. The third-order valence-electron chi connectivity index (χ3n) is 4.28. The molecule has 1 fully saturated rings. The van der Waals surface area contributed by atoms with Crippen molar-refractivity contribution >= 4 is 11.6 Å². The van der Waals surface area contributed by atoms with Crippen molar-refractivity contribution in [3.8, 4) is 11.4 Å². The summed E-state index contributed by atoms with van der Waals surface area (Å²) in [5, 5.41) is 10.2. The summed E-state index contributed by atoms with van der Waals surface area (Å²) >= 11 is 6.14.